The van der Waals surface area contributed by atoms with Crippen molar-refractivity contribution in [2.75, 3.05) is 39.6 Å². The first-order valence-corrected chi connectivity index (χ1v) is 41.6. The highest BCUT2D eigenvalue weighted by Crippen LogP contribution is 2.45. The van der Waals surface area contributed by atoms with Gasteiger partial charge in [0.1, 0.15) is 19.3 Å². The van der Waals surface area contributed by atoms with Gasteiger partial charge in [-0.25, -0.2) is 9.13 Å². The number of hydrogen-bond acceptors (Lipinski definition) is 15. The molecule has 0 fully saturated rings. The van der Waals surface area contributed by atoms with Crippen molar-refractivity contribution in [2.24, 2.45) is 5.92 Å². The first kappa shape index (κ1) is 91.1. The molecule has 0 aliphatic heterocycles. The molecule has 0 aliphatic carbocycles. The Morgan fingerprint density at radius 2 is 0.495 bits per heavy atom. The lowest BCUT2D eigenvalue weighted by Crippen LogP contribution is -2.30. The van der Waals surface area contributed by atoms with Gasteiger partial charge in [0.2, 0.25) is 0 Å². The maximum atomic E-state index is 13.1. The third-order valence-corrected chi connectivity index (χ3v) is 19.2. The Balaban J connectivity index is 5.22. The van der Waals surface area contributed by atoms with Crippen LogP contribution in [0.15, 0.2) is 0 Å². The van der Waals surface area contributed by atoms with E-state index in [0.29, 0.717) is 25.7 Å². The van der Waals surface area contributed by atoms with Gasteiger partial charge in [0.15, 0.2) is 12.2 Å². The zero-order valence-electron chi connectivity index (χ0n) is 60.4. The molecule has 0 spiro atoms. The number of esters is 4. The standard InChI is InChI=1S/C74H144O17P2/c1-6-9-12-15-18-21-23-25-30-34-38-43-48-53-58-72(77)85-64-70(91-74(79)60-55-50-45-40-36-32-28-27-29-33-37-41-46-51-56-67(4)5)66-89-93(82,83)87-62-68(75)61-86-92(80,81)88-65-69(63-84-71(76)57-52-47-42-20-17-14-11-8-3)90-73(78)59-54-49-44-39-35-31-26-24-22-19-16-13-10-7-2/h67-70,75H,6-66H2,1-5H3,(H,80,81)(H,82,83)/t68-,69+,70+/m0/s1. The van der Waals surface area contributed by atoms with E-state index in [1.54, 1.807) is 0 Å². The number of ether oxygens (including phenoxy) is 4. The zero-order valence-corrected chi connectivity index (χ0v) is 62.2. The fraction of sp³-hybridized carbons (Fsp3) is 0.946. The van der Waals surface area contributed by atoms with Gasteiger partial charge in [-0.2, -0.15) is 0 Å². The van der Waals surface area contributed by atoms with Crippen LogP contribution in [0, 0.1) is 5.92 Å². The van der Waals surface area contributed by atoms with Crippen molar-refractivity contribution >= 4 is 39.5 Å². The van der Waals surface area contributed by atoms with Crippen molar-refractivity contribution in [1.29, 1.82) is 0 Å². The number of aliphatic hydroxyl groups excluding tert-OH is 1. The molecule has 0 saturated heterocycles. The van der Waals surface area contributed by atoms with Crippen LogP contribution in [-0.4, -0.2) is 96.7 Å². The monoisotopic (exact) mass is 1370 g/mol. The number of unbranched alkanes of at least 4 members (excludes halogenated alkanes) is 46. The lowest BCUT2D eigenvalue weighted by atomic mass is 10.0. The van der Waals surface area contributed by atoms with Gasteiger partial charge in [0, 0.05) is 25.7 Å². The summed E-state index contributed by atoms with van der Waals surface area (Å²) in [5.41, 5.74) is 0. The lowest BCUT2D eigenvalue weighted by molar-refractivity contribution is -0.161. The van der Waals surface area contributed by atoms with E-state index in [4.69, 9.17) is 37.0 Å². The van der Waals surface area contributed by atoms with Crippen LogP contribution in [0.5, 0.6) is 0 Å². The number of phosphoric acid groups is 2. The predicted octanol–water partition coefficient (Wildman–Crippen LogP) is 21.7. The van der Waals surface area contributed by atoms with Crippen molar-refractivity contribution in [3.8, 4) is 0 Å². The van der Waals surface area contributed by atoms with Crippen LogP contribution in [0.1, 0.15) is 388 Å². The van der Waals surface area contributed by atoms with Crippen LogP contribution in [0.4, 0.5) is 0 Å². The second-order valence-electron chi connectivity index (χ2n) is 27.2. The summed E-state index contributed by atoms with van der Waals surface area (Å²) in [6, 6.07) is 0. The molecular weight excluding hydrogens is 1220 g/mol. The molecule has 3 N–H and O–H groups in total. The van der Waals surface area contributed by atoms with Gasteiger partial charge in [-0.3, -0.25) is 37.3 Å². The van der Waals surface area contributed by atoms with Crippen LogP contribution in [0.2, 0.25) is 0 Å². The largest absolute Gasteiger partial charge is 0.472 e. The third-order valence-electron chi connectivity index (χ3n) is 17.3. The Hall–Kier alpha value is -1.94. The number of carbonyl (C=O) groups excluding carboxylic acids is 4. The zero-order chi connectivity index (χ0) is 68.4. The van der Waals surface area contributed by atoms with Crippen molar-refractivity contribution in [3.63, 3.8) is 0 Å². The van der Waals surface area contributed by atoms with Crippen molar-refractivity contribution in [3.05, 3.63) is 0 Å². The molecule has 0 aromatic carbocycles. The average molecular weight is 1370 g/mol. The van der Waals surface area contributed by atoms with Gasteiger partial charge in [0.05, 0.1) is 26.4 Å². The van der Waals surface area contributed by atoms with Crippen molar-refractivity contribution in [1.82, 2.24) is 0 Å². The second kappa shape index (κ2) is 67.3. The minimum Gasteiger partial charge on any atom is -0.462 e. The molecule has 0 amide bonds. The minimum absolute atomic E-state index is 0.108. The molecule has 5 atom stereocenters. The van der Waals surface area contributed by atoms with Crippen LogP contribution in [0.3, 0.4) is 0 Å². The van der Waals surface area contributed by atoms with Crippen LogP contribution < -0.4 is 0 Å². The predicted molar refractivity (Wildman–Crippen MR) is 377 cm³/mol. The van der Waals surface area contributed by atoms with E-state index >= 15 is 0 Å². The number of aliphatic hydroxyl groups is 1. The molecule has 17 nitrogen and oxygen atoms in total. The number of phosphoric ester groups is 2. The first-order valence-electron chi connectivity index (χ1n) is 38.6. The summed E-state index contributed by atoms with van der Waals surface area (Å²) in [6.45, 7) is 7.28. The maximum absolute atomic E-state index is 13.1. The van der Waals surface area contributed by atoms with Crippen LogP contribution in [0.25, 0.3) is 0 Å². The molecule has 0 bridgehead atoms. The summed E-state index contributed by atoms with van der Waals surface area (Å²) in [5, 5.41) is 10.6. The van der Waals surface area contributed by atoms with Gasteiger partial charge >= 0.3 is 39.5 Å². The SMILES string of the molecule is CCCCCCCCCCCCCCCCC(=O)OC[C@H](COP(=O)(O)OC[C@@H](O)COP(=O)(O)OC[C@@H](COC(=O)CCCCCCCCCC)OC(=O)CCCCCCCCCCCCCCCC)OC(=O)CCCCCCCCCCCCCCCCC(C)C. The Bertz CT molecular complexity index is 1790. The smallest absolute Gasteiger partial charge is 0.462 e. The molecule has 552 valence electrons. The lowest BCUT2D eigenvalue weighted by Gasteiger charge is -2.21. The molecular formula is C74H144O17P2. The summed E-state index contributed by atoms with van der Waals surface area (Å²) in [4.78, 5) is 72.7. The highest BCUT2D eigenvalue weighted by atomic mass is 31.2. The quantitative estimate of drug-likeness (QED) is 0.0222. The molecule has 0 heterocycles. The van der Waals surface area contributed by atoms with Gasteiger partial charge in [0.25, 0.3) is 0 Å². The van der Waals surface area contributed by atoms with Gasteiger partial charge in [-0.05, 0) is 31.6 Å². The van der Waals surface area contributed by atoms with Gasteiger partial charge < -0.3 is 33.8 Å². The number of rotatable bonds is 74. The van der Waals surface area contributed by atoms with E-state index < -0.39 is 97.5 Å². The van der Waals surface area contributed by atoms with Gasteiger partial charge in [-0.15, -0.1) is 0 Å². The van der Waals surface area contributed by atoms with E-state index in [2.05, 4.69) is 34.6 Å². The van der Waals surface area contributed by atoms with E-state index in [-0.39, 0.29) is 25.7 Å². The number of carbonyl (C=O) groups is 4. The van der Waals surface area contributed by atoms with E-state index in [1.165, 1.54) is 205 Å². The molecule has 0 saturated carbocycles. The molecule has 0 aliphatic rings. The van der Waals surface area contributed by atoms with Gasteiger partial charge in [-0.1, -0.05) is 336 Å². The Morgan fingerprint density at radius 3 is 0.731 bits per heavy atom. The molecule has 0 aromatic heterocycles. The summed E-state index contributed by atoms with van der Waals surface area (Å²) in [5.74, 6) is -1.32. The normalized spacial score (nSPS) is 14.0. The van der Waals surface area contributed by atoms with Crippen molar-refractivity contribution < 1.29 is 80.2 Å². The highest BCUT2D eigenvalue weighted by molar-refractivity contribution is 7.47. The topological polar surface area (TPSA) is 237 Å². The summed E-state index contributed by atoms with van der Waals surface area (Å²) < 4.78 is 68.4. The van der Waals surface area contributed by atoms with Crippen LogP contribution >= 0.6 is 15.6 Å². The fourth-order valence-corrected chi connectivity index (χ4v) is 12.9. The third kappa shape index (κ3) is 68.4. The highest BCUT2D eigenvalue weighted by Gasteiger charge is 2.30. The van der Waals surface area contributed by atoms with Crippen molar-refractivity contribution in [2.45, 2.75) is 406 Å². The molecule has 2 unspecified atom stereocenters. The Labute approximate surface area is 568 Å². The molecule has 0 aromatic rings. The second-order valence-corrected chi connectivity index (χ2v) is 30.1. The van der Waals surface area contributed by atoms with E-state index in [9.17, 15) is 43.2 Å². The molecule has 93 heavy (non-hydrogen) atoms. The van der Waals surface area contributed by atoms with E-state index in [1.807, 2.05) is 0 Å². The summed E-state index contributed by atoms with van der Waals surface area (Å²) in [7, 11) is -9.90. The van der Waals surface area contributed by atoms with E-state index in [0.717, 1.165) is 102 Å². The molecule has 19 heteroatoms. The molecule has 0 radical (unpaired) electrons. The first-order chi connectivity index (χ1) is 45.0. The summed E-state index contributed by atoms with van der Waals surface area (Å²) in [6.07, 6.45) is 55.4. The maximum Gasteiger partial charge on any atom is 0.472 e. The van der Waals surface area contributed by atoms with Crippen LogP contribution in [-0.2, 0) is 65.4 Å². The molecule has 0 rings (SSSR count). The fourth-order valence-electron chi connectivity index (χ4n) is 11.4. The Morgan fingerprint density at radius 1 is 0.290 bits per heavy atom. The minimum atomic E-state index is -4.95. The number of hydrogen-bond donors (Lipinski definition) is 3. The Kier molecular flexibility index (Phi) is 65.9. The average Bonchev–Trinajstić information content (AvgIpc) is 3.73. The summed E-state index contributed by atoms with van der Waals surface area (Å²) >= 11 is 0.